The zero-order valence-electron chi connectivity index (χ0n) is 10.5. The Morgan fingerprint density at radius 1 is 1.50 bits per heavy atom. The van der Waals surface area contributed by atoms with Gasteiger partial charge in [0.05, 0.1) is 28.2 Å². The fourth-order valence-corrected chi connectivity index (χ4v) is 2.93. The Hall–Kier alpha value is -1.10. The maximum absolute atomic E-state index is 6.23. The number of hydrogen-bond acceptors (Lipinski definition) is 3. The van der Waals surface area contributed by atoms with Crippen LogP contribution in [-0.2, 0) is 11.8 Å². The molecular formula is C13H16ClN3O. The van der Waals surface area contributed by atoms with Gasteiger partial charge in [0.25, 0.3) is 0 Å². The van der Waals surface area contributed by atoms with Crippen molar-refractivity contribution in [2.75, 3.05) is 13.7 Å². The summed E-state index contributed by atoms with van der Waals surface area (Å²) >= 11 is 6.23. The zero-order chi connectivity index (χ0) is 12.7. The highest BCUT2D eigenvalue weighted by atomic mass is 35.5. The van der Waals surface area contributed by atoms with Gasteiger partial charge in [-0.2, -0.15) is 0 Å². The molecule has 96 valence electrons. The summed E-state index contributed by atoms with van der Waals surface area (Å²) in [5.74, 6) is 1.03. The van der Waals surface area contributed by atoms with Crippen molar-refractivity contribution in [1.29, 1.82) is 0 Å². The van der Waals surface area contributed by atoms with E-state index in [1.165, 1.54) is 0 Å². The second-order valence-electron chi connectivity index (χ2n) is 4.69. The van der Waals surface area contributed by atoms with Crippen LogP contribution in [0.2, 0.25) is 5.02 Å². The number of hydrogen-bond donors (Lipinski definition) is 1. The van der Waals surface area contributed by atoms with Crippen molar-refractivity contribution in [2.45, 2.75) is 18.6 Å². The molecule has 0 saturated carbocycles. The molecule has 0 aliphatic carbocycles. The SMILES string of the molecule is COC1CNC(c2nc3cccc(Cl)c3n2C)C1. The number of para-hydroxylation sites is 1. The van der Waals surface area contributed by atoms with Crippen molar-refractivity contribution in [3.63, 3.8) is 0 Å². The Kier molecular flexibility index (Phi) is 3.01. The highest BCUT2D eigenvalue weighted by Gasteiger charge is 2.28. The van der Waals surface area contributed by atoms with Crippen molar-refractivity contribution < 1.29 is 4.74 Å². The van der Waals surface area contributed by atoms with Crippen LogP contribution in [0.25, 0.3) is 11.0 Å². The van der Waals surface area contributed by atoms with E-state index in [2.05, 4.69) is 14.9 Å². The Labute approximate surface area is 111 Å². The molecule has 2 atom stereocenters. The van der Waals surface area contributed by atoms with Crippen LogP contribution in [0.3, 0.4) is 0 Å². The molecule has 1 aliphatic rings. The zero-order valence-corrected chi connectivity index (χ0v) is 11.2. The Bertz CT molecular complexity index is 581. The number of aryl methyl sites for hydroxylation is 1. The second-order valence-corrected chi connectivity index (χ2v) is 5.10. The maximum atomic E-state index is 6.23. The highest BCUT2D eigenvalue weighted by molar-refractivity contribution is 6.35. The predicted molar refractivity (Wildman–Crippen MR) is 71.9 cm³/mol. The van der Waals surface area contributed by atoms with E-state index in [0.29, 0.717) is 0 Å². The fourth-order valence-electron chi connectivity index (χ4n) is 2.63. The summed E-state index contributed by atoms with van der Waals surface area (Å²) in [4.78, 5) is 4.68. The van der Waals surface area contributed by atoms with E-state index in [0.717, 1.165) is 34.8 Å². The normalized spacial score (nSPS) is 23.9. The monoisotopic (exact) mass is 265 g/mol. The summed E-state index contributed by atoms with van der Waals surface area (Å²) < 4.78 is 7.45. The van der Waals surface area contributed by atoms with Crippen molar-refractivity contribution in [3.8, 4) is 0 Å². The first kappa shape index (κ1) is 12.0. The number of ether oxygens (including phenoxy) is 1. The molecule has 5 heteroatoms. The lowest BCUT2D eigenvalue weighted by Crippen LogP contribution is -2.18. The number of methoxy groups -OCH3 is 1. The van der Waals surface area contributed by atoms with Crippen LogP contribution in [0.4, 0.5) is 0 Å². The van der Waals surface area contributed by atoms with E-state index in [4.69, 9.17) is 16.3 Å². The minimum absolute atomic E-state index is 0.239. The first-order chi connectivity index (χ1) is 8.70. The van der Waals surface area contributed by atoms with Gasteiger partial charge < -0.3 is 14.6 Å². The molecule has 1 fully saturated rings. The lowest BCUT2D eigenvalue weighted by Gasteiger charge is -2.10. The molecule has 0 radical (unpaired) electrons. The summed E-state index contributed by atoms with van der Waals surface area (Å²) in [6.07, 6.45) is 1.22. The maximum Gasteiger partial charge on any atom is 0.126 e. The van der Waals surface area contributed by atoms with Crippen molar-refractivity contribution in [2.24, 2.45) is 7.05 Å². The summed E-state index contributed by atoms with van der Waals surface area (Å²) in [5.41, 5.74) is 1.94. The van der Waals surface area contributed by atoms with Gasteiger partial charge in [-0.15, -0.1) is 0 Å². The van der Waals surface area contributed by atoms with E-state index in [9.17, 15) is 0 Å². The van der Waals surface area contributed by atoms with Crippen molar-refractivity contribution >= 4 is 22.6 Å². The van der Waals surface area contributed by atoms with Gasteiger partial charge in [0.1, 0.15) is 5.82 Å². The van der Waals surface area contributed by atoms with Gasteiger partial charge in [-0.05, 0) is 18.6 Å². The number of nitrogens with one attached hydrogen (secondary N) is 1. The van der Waals surface area contributed by atoms with Crippen molar-refractivity contribution in [1.82, 2.24) is 14.9 Å². The van der Waals surface area contributed by atoms with Gasteiger partial charge in [-0.25, -0.2) is 4.98 Å². The quantitative estimate of drug-likeness (QED) is 0.906. The van der Waals surface area contributed by atoms with Crippen LogP contribution in [0.5, 0.6) is 0 Å². The minimum Gasteiger partial charge on any atom is -0.380 e. The molecular weight excluding hydrogens is 250 g/mol. The molecule has 1 saturated heterocycles. The van der Waals surface area contributed by atoms with Gasteiger partial charge >= 0.3 is 0 Å². The Balaban J connectivity index is 2.03. The molecule has 2 heterocycles. The Morgan fingerprint density at radius 2 is 2.33 bits per heavy atom. The summed E-state index contributed by atoms with van der Waals surface area (Å²) in [7, 11) is 3.76. The van der Waals surface area contributed by atoms with Gasteiger partial charge in [0, 0.05) is 20.7 Å². The first-order valence-electron chi connectivity index (χ1n) is 6.07. The topological polar surface area (TPSA) is 39.1 Å². The largest absolute Gasteiger partial charge is 0.380 e. The number of rotatable bonds is 2. The lowest BCUT2D eigenvalue weighted by molar-refractivity contribution is 0.117. The molecule has 1 aromatic heterocycles. The third kappa shape index (κ3) is 1.81. The average Bonchev–Trinajstić information content (AvgIpc) is 2.94. The Morgan fingerprint density at radius 3 is 3.00 bits per heavy atom. The number of imidazole rings is 1. The molecule has 2 unspecified atom stereocenters. The van der Waals surface area contributed by atoms with Crippen LogP contribution < -0.4 is 5.32 Å². The number of aromatic nitrogens is 2. The third-order valence-corrected chi connectivity index (χ3v) is 3.92. The second kappa shape index (κ2) is 4.53. The highest BCUT2D eigenvalue weighted by Crippen LogP contribution is 2.29. The van der Waals surface area contributed by atoms with Crippen LogP contribution in [-0.4, -0.2) is 29.3 Å². The fraction of sp³-hybridized carbons (Fsp3) is 0.462. The van der Waals surface area contributed by atoms with Crippen LogP contribution in [0.1, 0.15) is 18.3 Å². The smallest absolute Gasteiger partial charge is 0.126 e. The molecule has 1 aromatic carbocycles. The molecule has 18 heavy (non-hydrogen) atoms. The van der Waals surface area contributed by atoms with Gasteiger partial charge in [-0.1, -0.05) is 17.7 Å². The molecule has 0 spiro atoms. The van der Waals surface area contributed by atoms with Crippen LogP contribution in [0.15, 0.2) is 18.2 Å². The molecule has 2 aromatic rings. The van der Waals surface area contributed by atoms with E-state index in [1.54, 1.807) is 7.11 Å². The van der Waals surface area contributed by atoms with Crippen LogP contribution >= 0.6 is 11.6 Å². The van der Waals surface area contributed by atoms with E-state index in [-0.39, 0.29) is 12.1 Å². The molecule has 4 nitrogen and oxygen atoms in total. The number of halogens is 1. The van der Waals surface area contributed by atoms with E-state index < -0.39 is 0 Å². The van der Waals surface area contributed by atoms with E-state index in [1.807, 2.05) is 25.2 Å². The van der Waals surface area contributed by atoms with Gasteiger partial charge in [-0.3, -0.25) is 0 Å². The van der Waals surface area contributed by atoms with Crippen LogP contribution in [0, 0.1) is 0 Å². The molecule has 0 bridgehead atoms. The number of fused-ring (bicyclic) bond motifs is 1. The summed E-state index contributed by atoms with van der Waals surface area (Å²) in [5, 5.41) is 4.19. The van der Waals surface area contributed by atoms with Gasteiger partial charge in [0.2, 0.25) is 0 Å². The summed E-state index contributed by atoms with van der Waals surface area (Å²) in [6.45, 7) is 0.873. The third-order valence-electron chi connectivity index (χ3n) is 3.62. The predicted octanol–water partition coefficient (Wildman–Crippen LogP) is 2.28. The first-order valence-corrected chi connectivity index (χ1v) is 6.45. The van der Waals surface area contributed by atoms with Gasteiger partial charge in [0.15, 0.2) is 0 Å². The average molecular weight is 266 g/mol. The molecule has 1 aliphatic heterocycles. The summed E-state index contributed by atoms with van der Waals surface area (Å²) in [6, 6.07) is 6.06. The standard InChI is InChI=1S/C13H16ClN3O/c1-17-12-9(14)4-3-5-10(12)16-13(17)11-6-8(18-2)7-15-11/h3-5,8,11,15H,6-7H2,1-2H3. The van der Waals surface area contributed by atoms with Crippen molar-refractivity contribution in [3.05, 3.63) is 29.0 Å². The molecule has 1 N–H and O–H groups in total. The van der Waals surface area contributed by atoms with E-state index >= 15 is 0 Å². The molecule has 0 amide bonds. The number of nitrogens with zero attached hydrogens (tertiary/aromatic N) is 2. The molecule has 3 rings (SSSR count). The lowest BCUT2D eigenvalue weighted by atomic mass is 10.2. The number of benzene rings is 1. The minimum atomic E-state index is 0.239.